The summed E-state index contributed by atoms with van der Waals surface area (Å²) in [5.41, 5.74) is 0.642. The highest BCUT2D eigenvalue weighted by atomic mass is 35.6. The Morgan fingerprint density at radius 1 is 1.29 bits per heavy atom. The minimum Gasteiger partial charge on any atom is -0.495 e. The summed E-state index contributed by atoms with van der Waals surface area (Å²) < 4.78 is 3.42. The molecule has 0 fully saturated rings. The summed E-state index contributed by atoms with van der Waals surface area (Å²) in [6.07, 6.45) is -0.977. The topological polar surface area (TPSA) is 62.4 Å². The number of carbonyl (C=O) groups excluding carboxylic acids is 1. The van der Waals surface area contributed by atoms with Crippen LogP contribution in [-0.4, -0.2) is 28.1 Å². The fraction of sp³-hybridized carbons (Fsp3) is 0.333. The molecule has 0 aliphatic rings. The summed E-state index contributed by atoms with van der Waals surface area (Å²) in [7, 11) is 1.54. The molecule has 0 saturated heterocycles. The van der Waals surface area contributed by atoms with Gasteiger partial charge >= 0.3 is 0 Å². The third-order valence-electron chi connectivity index (χ3n) is 2.31. The van der Waals surface area contributed by atoms with E-state index in [0.717, 1.165) is 0 Å². The molecule has 0 saturated carbocycles. The number of thiocarbonyl (C=S) groups is 1. The second-order valence-electron chi connectivity index (χ2n) is 3.97. The molecule has 0 bridgehead atoms. The van der Waals surface area contributed by atoms with E-state index in [-0.39, 0.29) is 11.0 Å². The molecule has 5 nitrogen and oxygen atoms in total. The van der Waals surface area contributed by atoms with Gasteiger partial charge in [0.05, 0.1) is 12.8 Å². The Morgan fingerprint density at radius 3 is 2.43 bits per heavy atom. The molecule has 9 heteroatoms. The van der Waals surface area contributed by atoms with E-state index in [1.54, 1.807) is 19.2 Å². The minimum absolute atomic E-state index is 0.171. The summed E-state index contributed by atoms with van der Waals surface area (Å²) >= 11 is 22.5. The molecule has 1 amide bonds. The Hall–Kier alpha value is -0.950. The van der Waals surface area contributed by atoms with Crippen LogP contribution in [0.3, 0.4) is 0 Å². The van der Waals surface area contributed by atoms with Crippen molar-refractivity contribution in [1.82, 2.24) is 10.6 Å². The van der Waals surface area contributed by atoms with E-state index in [2.05, 4.69) is 16.0 Å². The smallest absolute Gasteiger partial charge is 0.228 e. The van der Waals surface area contributed by atoms with Gasteiger partial charge in [-0.3, -0.25) is 4.79 Å². The molecule has 21 heavy (non-hydrogen) atoms. The number of alkyl halides is 3. The van der Waals surface area contributed by atoms with Gasteiger partial charge in [-0.15, -0.1) is 0 Å². The van der Waals surface area contributed by atoms with Crippen molar-refractivity contribution in [3.05, 3.63) is 24.3 Å². The summed E-state index contributed by atoms with van der Waals surface area (Å²) in [4.78, 5) is 11.1. The third kappa shape index (κ3) is 6.13. The number of nitrogens with one attached hydrogen (secondary N) is 3. The molecule has 3 N–H and O–H groups in total. The van der Waals surface area contributed by atoms with Crippen LogP contribution in [-0.2, 0) is 4.79 Å². The molecule has 0 aliphatic heterocycles. The number of methoxy groups -OCH3 is 1. The summed E-state index contributed by atoms with van der Waals surface area (Å²) in [6.45, 7) is 1.31. The maximum Gasteiger partial charge on any atom is 0.228 e. The number of amides is 1. The lowest BCUT2D eigenvalue weighted by molar-refractivity contribution is -0.119. The van der Waals surface area contributed by atoms with E-state index in [9.17, 15) is 4.79 Å². The van der Waals surface area contributed by atoms with Gasteiger partial charge in [-0.25, -0.2) is 0 Å². The van der Waals surface area contributed by atoms with Crippen LogP contribution in [0.5, 0.6) is 5.75 Å². The number of anilines is 1. The Balaban J connectivity index is 2.76. The highest BCUT2D eigenvalue weighted by molar-refractivity contribution is 7.80. The largest absolute Gasteiger partial charge is 0.495 e. The maximum absolute atomic E-state index is 11.1. The number of carbonyl (C=O) groups is 1. The van der Waals surface area contributed by atoms with Crippen LogP contribution in [0.2, 0.25) is 0 Å². The summed E-state index contributed by atoms with van der Waals surface area (Å²) in [5.74, 6) is 0.241. The predicted octanol–water partition coefficient (Wildman–Crippen LogP) is 2.81. The highest BCUT2D eigenvalue weighted by Crippen LogP contribution is 2.29. The molecule has 1 rings (SSSR count). The van der Waals surface area contributed by atoms with Gasteiger partial charge in [-0.05, 0) is 24.4 Å². The van der Waals surface area contributed by atoms with E-state index in [4.69, 9.17) is 51.8 Å². The third-order valence-corrected chi connectivity index (χ3v) is 3.18. The van der Waals surface area contributed by atoms with Crippen LogP contribution in [0.1, 0.15) is 6.92 Å². The molecular weight excluding hydrogens is 357 g/mol. The van der Waals surface area contributed by atoms with Crippen LogP contribution >= 0.6 is 47.0 Å². The Kier molecular flexibility index (Phi) is 6.80. The molecule has 0 radical (unpaired) electrons. The number of ether oxygens (including phenoxy) is 1. The second kappa shape index (κ2) is 7.89. The Bertz CT molecular complexity index is 523. The lowest BCUT2D eigenvalue weighted by Crippen LogP contribution is -2.55. The number of rotatable bonds is 4. The second-order valence-corrected chi connectivity index (χ2v) is 6.75. The van der Waals surface area contributed by atoms with Crippen LogP contribution in [0.4, 0.5) is 5.69 Å². The van der Waals surface area contributed by atoms with Crippen LogP contribution in [0, 0.1) is 0 Å². The molecule has 0 aromatic heterocycles. The van der Waals surface area contributed by atoms with Gasteiger partial charge in [0.2, 0.25) is 9.70 Å². The average Bonchev–Trinajstić information content (AvgIpc) is 2.37. The average molecular weight is 371 g/mol. The standard InChI is InChI=1S/C12H14Cl3N3O2S/c1-7(19)16-10(12(13,14)15)18-11(21)17-8-5-3-4-6-9(8)20-2/h3-6,10H,1-2H3,(H,16,19)(H2,17,18,21)/t10-/m1/s1. The molecule has 0 aliphatic carbocycles. The number of benzene rings is 1. The van der Waals surface area contributed by atoms with Gasteiger partial charge in [0.25, 0.3) is 0 Å². The van der Waals surface area contributed by atoms with Crippen LogP contribution in [0.15, 0.2) is 24.3 Å². The van der Waals surface area contributed by atoms with Crippen molar-refractivity contribution in [2.75, 3.05) is 12.4 Å². The van der Waals surface area contributed by atoms with Crippen LogP contribution in [0.25, 0.3) is 0 Å². The molecule has 1 aromatic rings. The fourth-order valence-corrected chi connectivity index (χ4v) is 2.00. The molecule has 0 unspecified atom stereocenters. The summed E-state index contributed by atoms with van der Waals surface area (Å²) in [6, 6.07) is 7.18. The molecule has 1 atom stereocenters. The van der Waals surface area contributed by atoms with E-state index in [1.165, 1.54) is 6.92 Å². The van der Waals surface area contributed by atoms with Gasteiger partial charge in [0.15, 0.2) is 5.11 Å². The van der Waals surface area contributed by atoms with Gasteiger partial charge < -0.3 is 20.7 Å². The van der Waals surface area contributed by atoms with Crippen molar-refractivity contribution in [3.63, 3.8) is 0 Å². The van der Waals surface area contributed by atoms with E-state index >= 15 is 0 Å². The van der Waals surface area contributed by atoms with Gasteiger partial charge in [0.1, 0.15) is 11.9 Å². The number of para-hydroxylation sites is 2. The fourth-order valence-electron chi connectivity index (χ4n) is 1.44. The predicted molar refractivity (Wildman–Crippen MR) is 90.2 cm³/mol. The van der Waals surface area contributed by atoms with E-state index < -0.39 is 9.96 Å². The zero-order chi connectivity index (χ0) is 16.0. The summed E-state index contributed by atoms with van der Waals surface area (Å²) in [5, 5.41) is 8.26. The van der Waals surface area contributed by atoms with E-state index in [0.29, 0.717) is 11.4 Å². The molecule has 116 valence electrons. The monoisotopic (exact) mass is 369 g/mol. The van der Waals surface area contributed by atoms with Crippen LogP contribution < -0.4 is 20.7 Å². The van der Waals surface area contributed by atoms with Gasteiger partial charge in [-0.2, -0.15) is 0 Å². The first-order chi connectivity index (χ1) is 9.74. The highest BCUT2D eigenvalue weighted by Gasteiger charge is 2.34. The molecule has 0 heterocycles. The quantitative estimate of drug-likeness (QED) is 0.432. The minimum atomic E-state index is -1.77. The van der Waals surface area contributed by atoms with Gasteiger partial charge in [0, 0.05) is 6.92 Å². The SMILES string of the molecule is COc1ccccc1NC(=S)N[C@@H](NC(C)=O)C(Cl)(Cl)Cl. The van der Waals surface area contributed by atoms with Crippen molar-refractivity contribution < 1.29 is 9.53 Å². The Labute approximate surface area is 143 Å². The van der Waals surface area contributed by atoms with Crippen molar-refractivity contribution in [2.45, 2.75) is 16.9 Å². The first-order valence-corrected chi connectivity index (χ1v) is 7.32. The first-order valence-electron chi connectivity index (χ1n) is 5.78. The van der Waals surface area contributed by atoms with Crippen molar-refractivity contribution >= 4 is 63.7 Å². The molecular formula is C12H14Cl3N3O2S. The van der Waals surface area contributed by atoms with Crippen molar-refractivity contribution in [3.8, 4) is 5.75 Å². The number of hydrogen-bond acceptors (Lipinski definition) is 3. The maximum atomic E-state index is 11.1. The van der Waals surface area contributed by atoms with Crippen molar-refractivity contribution in [2.24, 2.45) is 0 Å². The van der Waals surface area contributed by atoms with Gasteiger partial charge in [-0.1, -0.05) is 46.9 Å². The first kappa shape index (κ1) is 18.1. The Morgan fingerprint density at radius 2 is 1.90 bits per heavy atom. The number of hydrogen-bond donors (Lipinski definition) is 3. The molecule has 1 aromatic carbocycles. The van der Waals surface area contributed by atoms with Crippen molar-refractivity contribution in [1.29, 1.82) is 0 Å². The normalized spacial score (nSPS) is 12.2. The zero-order valence-corrected chi connectivity index (χ0v) is 14.3. The lowest BCUT2D eigenvalue weighted by Gasteiger charge is -2.27. The number of halogens is 3. The lowest BCUT2D eigenvalue weighted by atomic mass is 10.3. The van der Waals surface area contributed by atoms with E-state index in [1.807, 2.05) is 12.1 Å². The zero-order valence-electron chi connectivity index (χ0n) is 11.2. The molecule has 0 spiro atoms.